The molecule has 0 bridgehead atoms. The molecule has 0 fully saturated rings. The first-order valence-electron chi connectivity index (χ1n) is 4.80. The van der Waals surface area contributed by atoms with Crippen molar-refractivity contribution in [1.29, 1.82) is 0 Å². The fourth-order valence-electron chi connectivity index (χ4n) is 1.45. The standard InChI is InChI=1S/C10H19N3/c1-8(11)5-6-9(12-2)10-4-3-7-13-10/h3-4,7-9,12-13H,5-6,11H2,1-2H3. The second-order valence-corrected chi connectivity index (χ2v) is 3.52. The van der Waals surface area contributed by atoms with Gasteiger partial charge in [-0.15, -0.1) is 0 Å². The van der Waals surface area contributed by atoms with Crippen LogP contribution in [0.4, 0.5) is 0 Å². The maximum atomic E-state index is 5.71. The Hall–Kier alpha value is -0.800. The molecule has 0 amide bonds. The molecule has 1 heterocycles. The van der Waals surface area contributed by atoms with E-state index in [1.165, 1.54) is 5.69 Å². The Morgan fingerprint density at radius 3 is 2.77 bits per heavy atom. The van der Waals surface area contributed by atoms with Crippen molar-refractivity contribution in [3.63, 3.8) is 0 Å². The summed E-state index contributed by atoms with van der Waals surface area (Å²) in [7, 11) is 1.98. The third-order valence-corrected chi connectivity index (χ3v) is 2.26. The van der Waals surface area contributed by atoms with Crippen molar-refractivity contribution in [2.24, 2.45) is 5.73 Å². The van der Waals surface area contributed by atoms with Crippen LogP contribution in [0.15, 0.2) is 18.3 Å². The highest BCUT2D eigenvalue weighted by molar-refractivity contribution is 5.08. The van der Waals surface area contributed by atoms with Crippen molar-refractivity contribution < 1.29 is 0 Å². The van der Waals surface area contributed by atoms with Crippen molar-refractivity contribution in [2.45, 2.75) is 31.8 Å². The molecule has 0 saturated carbocycles. The fourth-order valence-corrected chi connectivity index (χ4v) is 1.45. The summed E-state index contributed by atoms with van der Waals surface area (Å²) in [4.78, 5) is 3.21. The molecule has 1 aromatic heterocycles. The number of aromatic amines is 1. The molecule has 3 heteroatoms. The Labute approximate surface area is 79.7 Å². The highest BCUT2D eigenvalue weighted by Gasteiger charge is 2.09. The van der Waals surface area contributed by atoms with Gasteiger partial charge in [0.05, 0.1) is 0 Å². The van der Waals surface area contributed by atoms with Gasteiger partial charge in [-0.1, -0.05) is 0 Å². The molecule has 0 aliphatic carbocycles. The number of aromatic nitrogens is 1. The van der Waals surface area contributed by atoms with Gasteiger partial charge in [0.2, 0.25) is 0 Å². The summed E-state index contributed by atoms with van der Waals surface area (Å²) in [6.45, 7) is 2.04. The van der Waals surface area contributed by atoms with Gasteiger partial charge in [0, 0.05) is 24.0 Å². The van der Waals surface area contributed by atoms with Crippen LogP contribution in [0.5, 0.6) is 0 Å². The molecule has 74 valence electrons. The molecular formula is C10H19N3. The zero-order valence-electron chi connectivity index (χ0n) is 8.38. The van der Waals surface area contributed by atoms with Crippen LogP contribution in [0.3, 0.4) is 0 Å². The predicted octanol–water partition coefficient (Wildman–Crippen LogP) is 1.40. The number of hydrogen-bond donors (Lipinski definition) is 3. The fraction of sp³-hybridized carbons (Fsp3) is 0.600. The molecule has 0 spiro atoms. The number of hydrogen-bond acceptors (Lipinski definition) is 2. The van der Waals surface area contributed by atoms with Crippen molar-refractivity contribution in [2.75, 3.05) is 7.05 Å². The van der Waals surface area contributed by atoms with Gasteiger partial charge >= 0.3 is 0 Å². The van der Waals surface area contributed by atoms with Crippen LogP contribution >= 0.6 is 0 Å². The lowest BCUT2D eigenvalue weighted by Crippen LogP contribution is -2.21. The first kappa shape index (κ1) is 10.3. The van der Waals surface area contributed by atoms with Crippen LogP contribution in [-0.4, -0.2) is 18.1 Å². The van der Waals surface area contributed by atoms with Gasteiger partial charge in [0.25, 0.3) is 0 Å². The molecule has 1 aromatic rings. The average Bonchev–Trinajstić information content (AvgIpc) is 2.58. The molecule has 13 heavy (non-hydrogen) atoms. The topological polar surface area (TPSA) is 53.8 Å². The van der Waals surface area contributed by atoms with E-state index in [1.54, 1.807) is 0 Å². The zero-order valence-corrected chi connectivity index (χ0v) is 8.38. The Kier molecular flexibility index (Phi) is 3.99. The monoisotopic (exact) mass is 181 g/mol. The normalized spacial score (nSPS) is 15.6. The lowest BCUT2D eigenvalue weighted by molar-refractivity contribution is 0.489. The Bertz CT molecular complexity index is 216. The minimum Gasteiger partial charge on any atom is -0.364 e. The van der Waals surface area contributed by atoms with E-state index in [4.69, 9.17) is 5.73 Å². The zero-order chi connectivity index (χ0) is 9.68. The van der Waals surface area contributed by atoms with Gasteiger partial charge in [-0.05, 0) is 38.9 Å². The van der Waals surface area contributed by atoms with Crippen LogP contribution in [0.1, 0.15) is 31.5 Å². The van der Waals surface area contributed by atoms with Gasteiger partial charge in [-0.25, -0.2) is 0 Å². The van der Waals surface area contributed by atoms with Crippen molar-refractivity contribution in [1.82, 2.24) is 10.3 Å². The maximum Gasteiger partial charge on any atom is 0.0470 e. The molecule has 0 saturated heterocycles. The second-order valence-electron chi connectivity index (χ2n) is 3.52. The van der Waals surface area contributed by atoms with Gasteiger partial charge < -0.3 is 16.0 Å². The lowest BCUT2D eigenvalue weighted by Gasteiger charge is -2.15. The summed E-state index contributed by atoms with van der Waals surface area (Å²) in [6, 6.07) is 4.81. The van der Waals surface area contributed by atoms with Crippen molar-refractivity contribution >= 4 is 0 Å². The SMILES string of the molecule is CNC(CCC(C)N)c1ccc[nH]1. The van der Waals surface area contributed by atoms with E-state index in [2.05, 4.69) is 16.4 Å². The smallest absolute Gasteiger partial charge is 0.0470 e. The number of nitrogens with two attached hydrogens (primary N) is 1. The summed E-state index contributed by atoms with van der Waals surface area (Å²) < 4.78 is 0. The van der Waals surface area contributed by atoms with E-state index >= 15 is 0 Å². The largest absolute Gasteiger partial charge is 0.364 e. The van der Waals surface area contributed by atoms with Crippen molar-refractivity contribution in [3.05, 3.63) is 24.0 Å². The molecule has 3 nitrogen and oxygen atoms in total. The number of rotatable bonds is 5. The van der Waals surface area contributed by atoms with Crippen LogP contribution in [0.2, 0.25) is 0 Å². The summed E-state index contributed by atoms with van der Waals surface area (Å²) in [6.07, 6.45) is 4.07. The van der Waals surface area contributed by atoms with Gasteiger partial charge in [-0.2, -0.15) is 0 Å². The molecule has 1 rings (SSSR count). The van der Waals surface area contributed by atoms with E-state index in [-0.39, 0.29) is 6.04 Å². The molecule has 0 aliphatic rings. The van der Waals surface area contributed by atoms with Gasteiger partial charge in [0.15, 0.2) is 0 Å². The van der Waals surface area contributed by atoms with Crippen LogP contribution in [0.25, 0.3) is 0 Å². The third-order valence-electron chi connectivity index (χ3n) is 2.26. The first-order chi connectivity index (χ1) is 6.24. The molecule has 0 aromatic carbocycles. The van der Waals surface area contributed by atoms with E-state index in [9.17, 15) is 0 Å². The lowest BCUT2D eigenvalue weighted by atomic mass is 10.1. The maximum absolute atomic E-state index is 5.71. The second kappa shape index (κ2) is 5.04. The summed E-state index contributed by atoms with van der Waals surface area (Å²) in [5.74, 6) is 0. The minimum atomic E-state index is 0.283. The van der Waals surface area contributed by atoms with Gasteiger partial charge in [0.1, 0.15) is 0 Å². The minimum absolute atomic E-state index is 0.283. The molecular weight excluding hydrogens is 162 g/mol. The molecule has 0 aliphatic heterocycles. The molecule has 0 radical (unpaired) electrons. The Morgan fingerprint density at radius 1 is 1.54 bits per heavy atom. The highest BCUT2D eigenvalue weighted by Crippen LogP contribution is 2.16. The Balaban J connectivity index is 2.44. The quantitative estimate of drug-likeness (QED) is 0.643. The van der Waals surface area contributed by atoms with Crippen LogP contribution in [0, 0.1) is 0 Å². The average molecular weight is 181 g/mol. The first-order valence-corrected chi connectivity index (χ1v) is 4.80. The summed E-state index contributed by atoms with van der Waals surface area (Å²) in [5, 5.41) is 3.27. The Morgan fingerprint density at radius 2 is 2.31 bits per heavy atom. The van der Waals surface area contributed by atoms with Crippen molar-refractivity contribution in [3.8, 4) is 0 Å². The number of H-pyrrole nitrogens is 1. The highest BCUT2D eigenvalue weighted by atomic mass is 14.9. The van der Waals surface area contributed by atoms with Gasteiger partial charge in [-0.3, -0.25) is 0 Å². The van der Waals surface area contributed by atoms with E-state index < -0.39 is 0 Å². The van der Waals surface area contributed by atoms with E-state index in [1.807, 2.05) is 26.2 Å². The van der Waals surface area contributed by atoms with E-state index in [0.29, 0.717) is 6.04 Å². The summed E-state index contributed by atoms with van der Waals surface area (Å²) in [5.41, 5.74) is 6.95. The molecule has 4 N–H and O–H groups in total. The molecule has 2 atom stereocenters. The molecule has 2 unspecified atom stereocenters. The number of nitrogens with one attached hydrogen (secondary N) is 2. The van der Waals surface area contributed by atoms with Crippen LogP contribution < -0.4 is 11.1 Å². The third kappa shape index (κ3) is 3.20. The summed E-state index contributed by atoms with van der Waals surface area (Å²) >= 11 is 0. The van der Waals surface area contributed by atoms with Crippen LogP contribution in [-0.2, 0) is 0 Å². The predicted molar refractivity (Wildman–Crippen MR) is 55.5 cm³/mol. The van der Waals surface area contributed by atoms with E-state index in [0.717, 1.165) is 12.8 Å².